The number of alkyl halides is 3. The van der Waals surface area contributed by atoms with Gasteiger partial charge >= 0.3 is 6.18 Å². The van der Waals surface area contributed by atoms with Gasteiger partial charge in [-0.15, -0.1) is 0 Å². The highest BCUT2D eigenvalue weighted by Crippen LogP contribution is 2.46. The fraction of sp³-hybridized carbons (Fsp3) is 0.800. The van der Waals surface area contributed by atoms with Gasteiger partial charge in [0.25, 0.3) is 0 Å². The maximum atomic E-state index is 13.0. The number of oxime groups is 1. The number of nitrogens with zero attached hydrogens (tertiary/aromatic N) is 1. The van der Waals surface area contributed by atoms with Crippen molar-refractivity contribution in [1.29, 1.82) is 0 Å². The molecule has 23 heavy (non-hydrogen) atoms. The van der Waals surface area contributed by atoms with E-state index in [1.54, 1.807) is 6.08 Å². The monoisotopic (exact) mass is 351 g/mol. The molecule has 0 aromatic carbocycles. The van der Waals surface area contributed by atoms with Gasteiger partial charge < -0.3 is 14.0 Å². The van der Waals surface area contributed by atoms with Gasteiger partial charge in [0.1, 0.15) is 0 Å². The molecular weight excluding hydrogens is 327 g/mol. The van der Waals surface area contributed by atoms with Crippen molar-refractivity contribution < 1.29 is 27.2 Å². The van der Waals surface area contributed by atoms with E-state index in [-0.39, 0.29) is 18.1 Å². The predicted octanol–water partition coefficient (Wildman–Crippen LogP) is 4.59. The number of rotatable bonds is 2. The van der Waals surface area contributed by atoms with E-state index < -0.39 is 31.9 Å². The van der Waals surface area contributed by atoms with Crippen molar-refractivity contribution in [3.05, 3.63) is 12.3 Å². The van der Waals surface area contributed by atoms with Gasteiger partial charge in [-0.3, -0.25) is 0 Å². The second kappa shape index (κ2) is 5.80. The molecule has 8 heteroatoms. The van der Waals surface area contributed by atoms with E-state index in [1.165, 1.54) is 6.26 Å². The molecule has 0 aliphatic carbocycles. The first-order valence-corrected chi connectivity index (χ1v) is 10.6. The maximum absolute atomic E-state index is 13.0. The lowest BCUT2D eigenvalue weighted by Crippen LogP contribution is -2.56. The fourth-order valence-electron chi connectivity index (χ4n) is 2.37. The normalized spacial score (nSPS) is 29.0. The summed E-state index contributed by atoms with van der Waals surface area (Å²) < 4.78 is 50.6. The van der Waals surface area contributed by atoms with Crippen molar-refractivity contribution in [1.82, 2.24) is 0 Å². The number of fused-ring (bicyclic) bond motifs is 1. The molecule has 0 fully saturated rings. The van der Waals surface area contributed by atoms with Crippen molar-refractivity contribution in [2.45, 2.75) is 63.7 Å². The number of hydrogen-bond donors (Lipinski definition) is 0. The maximum Gasteiger partial charge on any atom is 0.432 e. The first kappa shape index (κ1) is 18.3. The first-order chi connectivity index (χ1) is 10.4. The minimum atomic E-state index is -4.50. The van der Waals surface area contributed by atoms with E-state index in [9.17, 15) is 13.2 Å². The summed E-state index contributed by atoms with van der Waals surface area (Å²) in [5.74, 6) is -1.74. The van der Waals surface area contributed by atoms with E-state index in [0.29, 0.717) is 6.42 Å². The minimum absolute atomic E-state index is 0.0967. The van der Waals surface area contributed by atoms with Crippen LogP contribution in [0.25, 0.3) is 0 Å². The molecule has 4 nitrogen and oxygen atoms in total. The minimum Gasteiger partial charge on any atom is -0.501 e. The largest absolute Gasteiger partial charge is 0.501 e. The third-order valence-corrected chi connectivity index (χ3v) is 9.29. The van der Waals surface area contributed by atoms with Crippen LogP contribution >= 0.6 is 0 Å². The third kappa shape index (κ3) is 3.73. The molecule has 0 bridgehead atoms. The third-order valence-electron chi connectivity index (χ3n) is 4.83. The van der Waals surface area contributed by atoms with Crippen LogP contribution in [0.4, 0.5) is 13.2 Å². The quantitative estimate of drug-likeness (QED) is 0.683. The summed E-state index contributed by atoms with van der Waals surface area (Å²) in [6.45, 7) is 10.4. The van der Waals surface area contributed by atoms with E-state index in [4.69, 9.17) is 14.0 Å². The van der Waals surface area contributed by atoms with Crippen LogP contribution in [0.5, 0.6) is 0 Å². The molecule has 2 rings (SSSR count). The average Bonchev–Trinajstić information content (AvgIpc) is 2.56. The Bertz CT molecular complexity index is 511. The van der Waals surface area contributed by atoms with Crippen LogP contribution in [0.2, 0.25) is 18.1 Å². The topological polar surface area (TPSA) is 40.0 Å². The zero-order valence-electron chi connectivity index (χ0n) is 14.2. The lowest BCUT2D eigenvalue weighted by Gasteiger charge is -2.47. The van der Waals surface area contributed by atoms with Gasteiger partial charge in [-0.1, -0.05) is 25.9 Å². The highest BCUT2D eigenvalue weighted by Gasteiger charge is 2.55. The van der Waals surface area contributed by atoms with Crippen molar-refractivity contribution in [3.8, 4) is 0 Å². The molecule has 0 aromatic heterocycles. The molecule has 0 amide bonds. The second-order valence-electron chi connectivity index (χ2n) is 7.61. The van der Waals surface area contributed by atoms with Crippen LogP contribution in [0.15, 0.2) is 17.5 Å². The highest BCUT2D eigenvalue weighted by molar-refractivity contribution is 6.74. The molecule has 2 heterocycles. The summed E-state index contributed by atoms with van der Waals surface area (Å²) in [6.07, 6.45) is -1.23. The van der Waals surface area contributed by atoms with Gasteiger partial charge in [-0.05, 0) is 24.2 Å². The van der Waals surface area contributed by atoms with Gasteiger partial charge in [0, 0.05) is 12.8 Å². The van der Waals surface area contributed by atoms with Crippen LogP contribution in [0.1, 0.15) is 33.6 Å². The zero-order valence-corrected chi connectivity index (χ0v) is 15.2. The number of halogens is 3. The molecule has 0 N–H and O–H groups in total. The highest BCUT2D eigenvalue weighted by atomic mass is 28.4. The molecule has 2 aliphatic rings. The second-order valence-corrected chi connectivity index (χ2v) is 12.3. The molecule has 2 aliphatic heterocycles. The van der Waals surface area contributed by atoms with Crippen molar-refractivity contribution in [2.75, 3.05) is 6.61 Å². The molecule has 0 radical (unpaired) electrons. The van der Waals surface area contributed by atoms with Crippen LogP contribution in [0.3, 0.4) is 0 Å². The van der Waals surface area contributed by atoms with E-state index in [2.05, 4.69) is 25.9 Å². The zero-order chi connectivity index (χ0) is 17.5. The van der Waals surface area contributed by atoms with E-state index >= 15 is 0 Å². The van der Waals surface area contributed by atoms with E-state index in [1.807, 2.05) is 13.1 Å². The molecule has 132 valence electrons. The molecule has 0 saturated heterocycles. The van der Waals surface area contributed by atoms with Crippen molar-refractivity contribution >= 4 is 14.0 Å². The van der Waals surface area contributed by atoms with Crippen LogP contribution in [-0.2, 0) is 14.0 Å². The van der Waals surface area contributed by atoms with Crippen molar-refractivity contribution in [2.24, 2.45) is 11.1 Å². The Balaban J connectivity index is 2.35. The van der Waals surface area contributed by atoms with Crippen LogP contribution in [0, 0.1) is 5.92 Å². The molecular formula is C15H24F3NO3Si. The molecule has 2 atom stereocenters. The average molecular weight is 351 g/mol. The molecule has 0 aromatic rings. The van der Waals surface area contributed by atoms with Crippen molar-refractivity contribution in [3.63, 3.8) is 0 Å². The number of hydrogen-bond acceptors (Lipinski definition) is 4. The Morgan fingerprint density at radius 3 is 2.52 bits per heavy atom. The Labute approximate surface area is 135 Å². The summed E-state index contributed by atoms with van der Waals surface area (Å²) in [5.41, 5.74) is -0.914. The van der Waals surface area contributed by atoms with Crippen LogP contribution in [-0.4, -0.2) is 32.6 Å². The fourth-order valence-corrected chi connectivity index (χ4v) is 3.83. The Morgan fingerprint density at radius 2 is 1.96 bits per heavy atom. The van der Waals surface area contributed by atoms with Crippen LogP contribution < -0.4 is 0 Å². The molecule has 0 spiro atoms. The Hall–Kier alpha value is -1.02. The summed E-state index contributed by atoms with van der Waals surface area (Å²) in [5, 5.41) is 3.27. The van der Waals surface area contributed by atoms with E-state index in [0.717, 1.165) is 0 Å². The Morgan fingerprint density at radius 1 is 1.30 bits per heavy atom. The predicted molar refractivity (Wildman–Crippen MR) is 83.4 cm³/mol. The van der Waals surface area contributed by atoms with Gasteiger partial charge in [0.05, 0.1) is 18.8 Å². The summed E-state index contributed by atoms with van der Waals surface area (Å²) in [6, 6.07) is 0. The molecule has 2 unspecified atom stereocenters. The SMILES string of the molecule is CC(C)(C)[Si](C)(C)OC12CC=COCC1CC(C(F)(F)F)=NO2. The summed E-state index contributed by atoms with van der Waals surface area (Å²) in [7, 11) is -2.27. The number of ether oxygens (including phenoxy) is 1. The van der Waals surface area contributed by atoms with Gasteiger partial charge in [-0.2, -0.15) is 13.2 Å². The summed E-state index contributed by atoms with van der Waals surface area (Å²) >= 11 is 0. The Kier molecular flexibility index (Phi) is 4.62. The lowest BCUT2D eigenvalue weighted by molar-refractivity contribution is -0.237. The lowest BCUT2D eigenvalue weighted by atomic mass is 9.90. The molecule has 0 saturated carbocycles. The van der Waals surface area contributed by atoms with Gasteiger partial charge in [-0.25, -0.2) is 0 Å². The first-order valence-electron chi connectivity index (χ1n) is 7.66. The summed E-state index contributed by atoms with van der Waals surface area (Å²) in [4.78, 5) is 5.37. The van der Waals surface area contributed by atoms with Gasteiger partial charge in [0.15, 0.2) is 14.0 Å². The standard InChI is InChI=1S/C15H24F3NO3Si/c1-13(2,3)23(4,5)22-14-7-6-8-20-10-11(14)9-12(19-21-14)15(16,17)18/h6,8,11H,7,9-10H2,1-5H3. The van der Waals surface area contributed by atoms with Gasteiger partial charge in [0.2, 0.25) is 5.79 Å². The smallest absolute Gasteiger partial charge is 0.432 e.